The van der Waals surface area contributed by atoms with Gasteiger partial charge >= 0.3 is 0 Å². The summed E-state index contributed by atoms with van der Waals surface area (Å²) in [4.78, 5) is 2.69. The van der Waals surface area contributed by atoms with Crippen LogP contribution in [0, 0.1) is 12.7 Å². The third-order valence-corrected chi connectivity index (χ3v) is 5.43. The lowest BCUT2D eigenvalue weighted by Gasteiger charge is -2.39. The van der Waals surface area contributed by atoms with Gasteiger partial charge < -0.3 is 10.6 Å². The van der Waals surface area contributed by atoms with Gasteiger partial charge in [0.05, 0.1) is 5.69 Å². The summed E-state index contributed by atoms with van der Waals surface area (Å²) in [6.45, 7) is 4.62. The Kier molecular flexibility index (Phi) is 4.48. The second-order valence-corrected chi connectivity index (χ2v) is 6.83. The summed E-state index contributed by atoms with van der Waals surface area (Å²) in [6.07, 6.45) is 9.02. The Hall–Kier alpha value is -1.09. The molecule has 1 heterocycles. The molecule has 1 saturated carbocycles. The highest BCUT2D eigenvalue weighted by molar-refractivity contribution is 5.47. The Labute approximate surface area is 127 Å². The molecule has 0 atom stereocenters. The van der Waals surface area contributed by atoms with Crippen LogP contribution < -0.4 is 5.73 Å². The third-order valence-electron chi connectivity index (χ3n) is 5.43. The molecule has 2 fully saturated rings. The fourth-order valence-electron chi connectivity index (χ4n) is 4.19. The van der Waals surface area contributed by atoms with Crippen LogP contribution in [0.25, 0.3) is 0 Å². The fourth-order valence-corrected chi connectivity index (χ4v) is 4.19. The van der Waals surface area contributed by atoms with Gasteiger partial charge in [-0.3, -0.25) is 0 Å². The number of nitrogens with two attached hydrogens (primary N) is 1. The monoisotopic (exact) mass is 290 g/mol. The molecule has 21 heavy (non-hydrogen) atoms. The minimum absolute atomic E-state index is 0.256. The number of anilines is 1. The first kappa shape index (κ1) is 14.8. The fraction of sp³-hybridized carbons (Fsp3) is 0.667. The molecule has 0 aromatic heterocycles. The Morgan fingerprint density at radius 3 is 2.38 bits per heavy atom. The predicted molar refractivity (Wildman–Crippen MR) is 86.0 cm³/mol. The van der Waals surface area contributed by atoms with E-state index in [1.807, 2.05) is 0 Å². The topological polar surface area (TPSA) is 29.3 Å². The van der Waals surface area contributed by atoms with E-state index >= 15 is 0 Å². The maximum atomic E-state index is 13.7. The predicted octanol–water partition coefficient (Wildman–Crippen LogP) is 4.23. The number of benzene rings is 1. The van der Waals surface area contributed by atoms with Crippen LogP contribution in [0.15, 0.2) is 12.1 Å². The molecule has 2 aliphatic rings. The van der Waals surface area contributed by atoms with Gasteiger partial charge in [0.15, 0.2) is 0 Å². The number of hydrogen-bond acceptors (Lipinski definition) is 2. The molecule has 3 rings (SSSR count). The van der Waals surface area contributed by atoms with Crippen LogP contribution in [0.4, 0.5) is 10.1 Å². The standard InChI is InChI=1S/C18H27FN2/c1-13-11-18(20)17(19)12-16(13)14-5-7-15(8-6-14)21-9-3-2-4-10-21/h11-12,14-15H,2-10,20H2,1H3/t14-,15-. The first-order valence-corrected chi connectivity index (χ1v) is 8.44. The number of rotatable bonds is 2. The minimum atomic E-state index is -0.256. The van der Waals surface area contributed by atoms with Gasteiger partial charge in [-0.2, -0.15) is 0 Å². The van der Waals surface area contributed by atoms with Crippen LogP contribution in [0.2, 0.25) is 0 Å². The van der Waals surface area contributed by atoms with Crippen LogP contribution in [0.5, 0.6) is 0 Å². The van der Waals surface area contributed by atoms with Crippen molar-refractivity contribution in [2.24, 2.45) is 0 Å². The molecule has 0 spiro atoms. The van der Waals surface area contributed by atoms with Crippen molar-refractivity contribution in [1.29, 1.82) is 0 Å². The molecular formula is C18H27FN2. The van der Waals surface area contributed by atoms with Crippen LogP contribution in [-0.2, 0) is 0 Å². The maximum Gasteiger partial charge on any atom is 0.146 e. The van der Waals surface area contributed by atoms with Crippen molar-refractivity contribution < 1.29 is 4.39 Å². The molecule has 116 valence electrons. The molecular weight excluding hydrogens is 263 g/mol. The SMILES string of the molecule is Cc1cc(N)c(F)cc1[C@H]1CC[C@H](N2CCCCC2)CC1. The molecule has 1 saturated heterocycles. The zero-order valence-corrected chi connectivity index (χ0v) is 13.1. The summed E-state index contributed by atoms with van der Waals surface area (Å²) in [5, 5.41) is 0. The van der Waals surface area contributed by atoms with Crippen molar-refractivity contribution in [2.75, 3.05) is 18.8 Å². The molecule has 1 aromatic carbocycles. The van der Waals surface area contributed by atoms with E-state index < -0.39 is 0 Å². The van der Waals surface area contributed by atoms with Gasteiger partial charge in [-0.15, -0.1) is 0 Å². The largest absolute Gasteiger partial charge is 0.396 e. The van der Waals surface area contributed by atoms with Crippen molar-refractivity contribution >= 4 is 5.69 Å². The first-order chi connectivity index (χ1) is 10.1. The second kappa shape index (κ2) is 6.35. The van der Waals surface area contributed by atoms with Crippen LogP contribution in [0.1, 0.15) is 62.0 Å². The lowest BCUT2D eigenvalue weighted by molar-refractivity contribution is 0.125. The highest BCUT2D eigenvalue weighted by Crippen LogP contribution is 2.37. The van der Waals surface area contributed by atoms with E-state index in [1.165, 1.54) is 63.6 Å². The molecule has 2 N–H and O–H groups in total. The van der Waals surface area contributed by atoms with E-state index in [2.05, 4.69) is 11.8 Å². The Balaban J connectivity index is 1.64. The summed E-state index contributed by atoms with van der Waals surface area (Å²) in [6, 6.07) is 4.23. The normalized spacial score (nSPS) is 27.7. The zero-order valence-electron chi connectivity index (χ0n) is 13.1. The van der Waals surface area contributed by atoms with E-state index in [-0.39, 0.29) is 11.5 Å². The van der Waals surface area contributed by atoms with Crippen LogP contribution in [-0.4, -0.2) is 24.0 Å². The average molecular weight is 290 g/mol. The summed E-state index contributed by atoms with van der Waals surface area (Å²) in [7, 11) is 0. The molecule has 1 aromatic rings. The molecule has 2 nitrogen and oxygen atoms in total. The number of piperidine rings is 1. The second-order valence-electron chi connectivity index (χ2n) is 6.83. The number of nitrogen functional groups attached to an aromatic ring is 1. The molecule has 1 aliphatic heterocycles. The molecule has 0 unspecified atom stereocenters. The van der Waals surface area contributed by atoms with Gasteiger partial charge in [0.2, 0.25) is 0 Å². The van der Waals surface area contributed by atoms with Crippen molar-refractivity contribution in [3.05, 3.63) is 29.1 Å². The van der Waals surface area contributed by atoms with E-state index in [1.54, 1.807) is 12.1 Å². The average Bonchev–Trinajstić information content (AvgIpc) is 2.52. The molecule has 3 heteroatoms. The Morgan fingerprint density at radius 1 is 1.05 bits per heavy atom. The number of likely N-dealkylation sites (tertiary alicyclic amines) is 1. The van der Waals surface area contributed by atoms with Crippen LogP contribution >= 0.6 is 0 Å². The zero-order chi connectivity index (χ0) is 14.8. The molecule has 0 bridgehead atoms. The van der Waals surface area contributed by atoms with E-state index in [0.29, 0.717) is 5.92 Å². The van der Waals surface area contributed by atoms with Crippen molar-refractivity contribution in [1.82, 2.24) is 4.90 Å². The smallest absolute Gasteiger partial charge is 0.146 e. The minimum Gasteiger partial charge on any atom is -0.396 e. The maximum absolute atomic E-state index is 13.7. The summed E-state index contributed by atoms with van der Waals surface area (Å²) in [5.41, 5.74) is 8.26. The van der Waals surface area contributed by atoms with Crippen molar-refractivity contribution in [3.63, 3.8) is 0 Å². The van der Waals surface area contributed by atoms with Crippen molar-refractivity contribution in [2.45, 2.75) is 63.8 Å². The number of aryl methyl sites for hydroxylation is 1. The van der Waals surface area contributed by atoms with E-state index in [4.69, 9.17) is 5.73 Å². The summed E-state index contributed by atoms with van der Waals surface area (Å²) >= 11 is 0. The lowest BCUT2D eigenvalue weighted by Crippen LogP contribution is -2.41. The Bertz CT molecular complexity index is 486. The summed E-state index contributed by atoms with van der Waals surface area (Å²) in [5.74, 6) is 0.259. The number of hydrogen-bond donors (Lipinski definition) is 1. The third kappa shape index (κ3) is 3.23. The molecule has 1 aliphatic carbocycles. The highest BCUT2D eigenvalue weighted by Gasteiger charge is 2.28. The first-order valence-electron chi connectivity index (χ1n) is 8.44. The highest BCUT2D eigenvalue weighted by atomic mass is 19.1. The van der Waals surface area contributed by atoms with Gasteiger partial charge in [-0.1, -0.05) is 6.42 Å². The van der Waals surface area contributed by atoms with Gasteiger partial charge in [0.1, 0.15) is 5.82 Å². The lowest BCUT2D eigenvalue weighted by atomic mass is 9.79. The number of nitrogens with zero attached hydrogens (tertiary/aromatic N) is 1. The van der Waals surface area contributed by atoms with Crippen molar-refractivity contribution in [3.8, 4) is 0 Å². The molecule has 0 radical (unpaired) electrons. The van der Waals surface area contributed by atoms with E-state index in [9.17, 15) is 4.39 Å². The van der Waals surface area contributed by atoms with Gasteiger partial charge in [0.25, 0.3) is 0 Å². The number of halogens is 1. The van der Waals surface area contributed by atoms with Gasteiger partial charge in [0, 0.05) is 6.04 Å². The van der Waals surface area contributed by atoms with E-state index in [0.717, 1.165) is 11.6 Å². The Morgan fingerprint density at radius 2 is 1.71 bits per heavy atom. The van der Waals surface area contributed by atoms with Gasteiger partial charge in [-0.05, 0) is 87.7 Å². The quantitative estimate of drug-likeness (QED) is 0.826. The summed E-state index contributed by atoms with van der Waals surface area (Å²) < 4.78 is 13.7. The van der Waals surface area contributed by atoms with Crippen LogP contribution in [0.3, 0.4) is 0 Å². The van der Waals surface area contributed by atoms with Gasteiger partial charge in [-0.25, -0.2) is 4.39 Å². The molecule has 0 amide bonds.